The second-order valence-corrected chi connectivity index (χ2v) is 6.52. The third-order valence-electron chi connectivity index (χ3n) is 2.95. The van der Waals surface area contributed by atoms with Gasteiger partial charge in [0, 0.05) is 10.3 Å². The van der Waals surface area contributed by atoms with Gasteiger partial charge in [0.25, 0.3) is 0 Å². The molecule has 0 radical (unpaired) electrons. The van der Waals surface area contributed by atoms with Crippen molar-refractivity contribution >= 4 is 34.2 Å². The van der Waals surface area contributed by atoms with E-state index in [0.29, 0.717) is 22.9 Å². The summed E-state index contributed by atoms with van der Waals surface area (Å²) < 4.78 is 38.9. The minimum atomic E-state index is -4.45. The first-order chi connectivity index (χ1) is 9.27. The van der Waals surface area contributed by atoms with Gasteiger partial charge in [-0.1, -0.05) is 37.2 Å². The molecule has 2 rings (SSSR count). The summed E-state index contributed by atoms with van der Waals surface area (Å²) >= 11 is 7.12. The summed E-state index contributed by atoms with van der Waals surface area (Å²) in [5.41, 5.74) is -0.793. The molecule has 0 amide bonds. The molecule has 0 saturated heterocycles. The summed E-state index contributed by atoms with van der Waals surface area (Å²) in [6, 6.07) is 3.68. The van der Waals surface area contributed by atoms with Crippen LogP contribution in [-0.2, 0) is 6.18 Å². The number of aliphatic imine (C=N–C) groups is 1. The highest BCUT2D eigenvalue weighted by Crippen LogP contribution is 2.37. The van der Waals surface area contributed by atoms with Crippen LogP contribution in [0.5, 0.6) is 0 Å². The molecule has 1 N–H and O–H groups in total. The summed E-state index contributed by atoms with van der Waals surface area (Å²) in [6.45, 7) is 4.76. The Morgan fingerprint density at radius 1 is 1.40 bits per heavy atom. The smallest absolute Gasteiger partial charge is 0.334 e. The third-order valence-corrected chi connectivity index (χ3v) is 4.64. The summed E-state index contributed by atoms with van der Waals surface area (Å²) in [6.07, 6.45) is -4.45. The summed E-state index contributed by atoms with van der Waals surface area (Å²) in [4.78, 5) is 4.25. The SMILES string of the molecule is CC(C)C1CN=C(Nc2ccc(Cl)cc2C(F)(F)F)S1. The zero-order valence-corrected chi connectivity index (χ0v) is 12.5. The molecule has 0 aromatic heterocycles. The Morgan fingerprint density at radius 2 is 2.10 bits per heavy atom. The number of alkyl halides is 3. The van der Waals surface area contributed by atoms with Gasteiger partial charge in [0.2, 0.25) is 0 Å². The summed E-state index contributed by atoms with van der Waals surface area (Å²) in [5, 5.41) is 3.65. The maximum atomic E-state index is 13.0. The van der Waals surface area contributed by atoms with E-state index in [-0.39, 0.29) is 10.7 Å². The molecule has 1 aromatic carbocycles. The molecule has 0 fully saturated rings. The van der Waals surface area contributed by atoms with Crippen LogP contribution in [0.1, 0.15) is 19.4 Å². The molecule has 0 bridgehead atoms. The first-order valence-electron chi connectivity index (χ1n) is 6.12. The van der Waals surface area contributed by atoms with Crippen LogP contribution in [0.25, 0.3) is 0 Å². The average Bonchev–Trinajstić information content (AvgIpc) is 2.79. The van der Waals surface area contributed by atoms with Crippen LogP contribution in [0.3, 0.4) is 0 Å². The van der Waals surface area contributed by atoms with Crippen molar-refractivity contribution in [1.82, 2.24) is 0 Å². The van der Waals surface area contributed by atoms with Gasteiger partial charge >= 0.3 is 6.18 Å². The zero-order chi connectivity index (χ0) is 14.9. The van der Waals surface area contributed by atoms with Crippen molar-refractivity contribution in [1.29, 1.82) is 0 Å². The van der Waals surface area contributed by atoms with Crippen LogP contribution in [0.2, 0.25) is 5.02 Å². The van der Waals surface area contributed by atoms with E-state index in [4.69, 9.17) is 11.6 Å². The van der Waals surface area contributed by atoms with E-state index >= 15 is 0 Å². The lowest BCUT2D eigenvalue weighted by Gasteiger charge is -2.16. The molecule has 1 aromatic rings. The van der Waals surface area contributed by atoms with Gasteiger partial charge in [-0.25, -0.2) is 0 Å². The predicted octanol–water partition coefficient (Wildman–Crippen LogP) is 4.90. The van der Waals surface area contributed by atoms with Crippen LogP contribution in [-0.4, -0.2) is 17.0 Å². The molecule has 0 aliphatic carbocycles. The number of anilines is 1. The number of benzene rings is 1. The van der Waals surface area contributed by atoms with Crippen molar-refractivity contribution in [3.05, 3.63) is 28.8 Å². The number of nitrogens with one attached hydrogen (secondary N) is 1. The van der Waals surface area contributed by atoms with Gasteiger partial charge < -0.3 is 5.32 Å². The number of hydrogen-bond donors (Lipinski definition) is 1. The van der Waals surface area contributed by atoms with Crippen LogP contribution in [0.4, 0.5) is 18.9 Å². The molecule has 1 aliphatic heterocycles. The van der Waals surface area contributed by atoms with Crippen molar-refractivity contribution in [2.45, 2.75) is 25.3 Å². The van der Waals surface area contributed by atoms with Crippen LogP contribution < -0.4 is 5.32 Å². The second-order valence-electron chi connectivity index (χ2n) is 4.86. The number of halogens is 4. The Kier molecular flexibility index (Phi) is 4.54. The highest BCUT2D eigenvalue weighted by atomic mass is 35.5. The Morgan fingerprint density at radius 3 is 2.65 bits per heavy atom. The molecule has 1 aliphatic rings. The van der Waals surface area contributed by atoms with E-state index in [1.165, 1.54) is 23.9 Å². The molecule has 1 unspecified atom stereocenters. The van der Waals surface area contributed by atoms with Crippen molar-refractivity contribution in [3.63, 3.8) is 0 Å². The monoisotopic (exact) mass is 322 g/mol. The van der Waals surface area contributed by atoms with Gasteiger partial charge in [0.15, 0.2) is 5.17 Å². The Labute approximate surface area is 124 Å². The first kappa shape index (κ1) is 15.5. The Hall–Kier alpha value is -0.880. The third kappa shape index (κ3) is 3.61. The van der Waals surface area contributed by atoms with Crippen molar-refractivity contribution in [2.75, 3.05) is 11.9 Å². The van der Waals surface area contributed by atoms with E-state index in [1.807, 2.05) is 0 Å². The number of nitrogens with zero attached hydrogens (tertiary/aromatic N) is 1. The molecular weight excluding hydrogens is 309 g/mol. The van der Waals surface area contributed by atoms with Gasteiger partial charge in [-0.3, -0.25) is 4.99 Å². The maximum Gasteiger partial charge on any atom is 0.418 e. The lowest BCUT2D eigenvalue weighted by Crippen LogP contribution is -2.15. The van der Waals surface area contributed by atoms with Crippen LogP contribution in [0.15, 0.2) is 23.2 Å². The minimum absolute atomic E-state index is 0.0162. The summed E-state index contributed by atoms with van der Waals surface area (Å²) in [7, 11) is 0. The molecule has 1 heterocycles. The molecule has 0 saturated carbocycles. The quantitative estimate of drug-likeness (QED) is 0.837. The number of hydrogen-bond acceptors (Lipinski definition) is 3. The van der Waals surface area contributed by atoms with E-state index in [2.05, 4.69) is 24.2 Å². The van der Waals surface area contributed by atoms with Crippen LogP contribution >= 0.6 is 23.4 Å². The average molecular weight is 323 g/mol. The topological polar surface area (TPSA) is 24.4 Å². The summed E-state index contributed by atoms with van der Waals surface area (Å²) in [5.74, 6) is 0.426. The standard InChI is InChI=1S/C13H14ClF3N2S/c1-7(2)11-6-18-12(20-11)19-10-4-3-8(14)5-9(10)13(15,16)17/h3-5,7,11H,6H2,1-2H3,(H,18,19). The van der Waals surface area contributed by atoms with E-state index in [1.54, 1.807) is 0 Å². The highest BCUT2D eigenvalue weighted by Gasteiger charge is 2.34. The maximum absolute atomic E-state index is 13.0. The van der Waals surface area contributed by atoms with Gasteiger partial charge in [-0.15, -0.1) is 0 Å². The number of amidine groups is 1. The van der Waals surface area contributed by atoms with Crippen molar-refractivity contribution in [2.24, 2.45) is 10.9 Å². The second kappa shape index (κ2) is 5.85. The van der Waals surface area contributed by atoms with Gasteiger partial charge in [0.05, 0.1) is 17.8 Å². The zero-order valence-electron chi connectivity index (χ0n) is 11.0. The van der Waals surface area contributed by atoms with Crippen LogP contribution in [0, 0.1) is 5.92 Å². The first-order valence-corrected chi connectivity index (χ1v) is 7.38. The van der Waals surface area contributed by atoms with Gasteiger partial charge in [-0.2, -0.15) is 13.2 Å². The lowest BCUT2D eigenvalue weighted by atomic mass is 10.1. The van der Waals surface area contributed by atoms with Gasteiger partial charge in [-0.05, 0) is 24.1 Å². The fourth-order valence-corrected chi connectivity index (χ4v) is 2.98. The molecule has 1 atom stereocenters. The normalized spacial score (nSPS) is 19.4. The molecule has 110 valence electrons. The number of thioether (sulfide) groups is 1. The largest absolute Gasteiger partial charge is 0.418 e. The van der Waals surface area contributed by atoms with E-state index in [9.17, 15) is 13.2 Å². The minimum Gasteiger partial charge on any atom is -0.334 e. The molecule has 7 heteroatoms. The lowest BCUT2D eigenvalue weighted by molar-refractivity contribution is -0.136. The highest BCUT2D eigenvalue weighted by molar-refractivity contribution is 8.15. The predicted molar refractivity (Wildman–Crippen MR) is 78.6 cm³/mol. The van der Waals surface area contributed by atoms with E-state index in [0.717, 1.165) is 6.07 Å². The van der Waals surface area contributed by atoms with Crippen molar-refractivity contribution in [3.8, 4) is 0 Å². The molecule has 20 heavy (non-hydrogen) atoms. The molecule has 2 nitrogen and oxygen atoms in total. The fourth-order valence-electron chi connectivity index (χ4n) is 1.78. The van der Waals surface area contributed by atoms with Crippen molar-refractivity contribution < 1.29 is 13.2 Å². The fraction of sp³-hybridized carbons (Fsp3) is 0.462. The Bertz CT molecular complexity index is 529. The van der Waals surface area contributed by atoms with Gasteiger partial charge in [0.1, 0.15) is 0 Å². The molecular formula is C13H14ClF3N2S. The number of rotatable bonds is 2. The molecule has 0 spiro atoms. The van der Waals surface area contributed by atoms with E-state index < -0.39 is 11.7 Å². The Balaban J connectivity index is 2.19.